The van der Waals surface area contributed by atoms with E-state index in [4.69, 9.17) is 0 Å². The number of thiophene rings is 1. The number of rotatable bonds is 3. The molecule has 0 aromatic carbocycles. The van der Waals surface area contributed by atoms with Gasteiger partial charge in [0.1, 0.15) is 0 Å². The summed E-state index contributed by atoms with van der Waals surface area (Å²) in [6.45, 7) is 0.570. The number of carbonyl (C=O) groups is 1. The summed E-state index contributed by atoms with van der Waals surface area (Å²) in [6, 6.07) is 5.63. The molecule has 2 aromatic heterocycles. The van der Waals surface area contributed by atoms with Crippen LogP contribution in [-0.4, -0.2) is 10.9 Å². The molecule has 72 valence electrons. The molecule has 0 saturated carbocycles. The Bertz CT molecular complexity index is 392. The Kier molecular flexibility index (Phi) is 2.65. The predicted octanol–water partition coefficient (Wildman–Crippen LogP) is 2.01. The third kappa shape index (κ3) is 2.03. The van der Waals surface area contributed by atoms with Crippen molar-refractivity contribution >= 4 is 17.2 Å². The summed E-state index contributed by atoms with van der Waals surface area (Å²) in [6.07, 6.45) is 3.71. The number of aromatic nitrogens is 1. The first-order valence-electron chi connectivity index (χ1n) is 4.29. The molecule has 0 fully saturated rings. The van der Waals surface area contributed by atoms with Gasteiger partial charge in [-0.3, -0.25) is 4.79 Å². The van der Waals surface area contributed by atoms with Crippen molar-refractivity contribution < 1.29 is 4.79 Å². The zero-order valence-electron chi connectivity index (χ0n) is 7.49. The highest BCUT2D eigenvalue weighted by molar-refractivity contribution is 7.12. The fourth-order valence-corrected chi connectivity index (χ4v) is 1.79. The molecule has 4 heteroatoms. The van der Waals surface area contributed by atoms with Gasteiger partial charge in [-0.2, -0.15) is 0 Å². The minimum atomic E-state index is -0.0128. The highest BCUT2D eigenvalue weighted by atomic mass is 32.1. The fraction of sp³-hybridized carbons (Fsp3) is 0.100. The van der Waals surface area contributed by atoms with Crippen molar-refractivity contribution in [2.75, 3.05) is 0 Å². The van der Waals surface area contributed by atoms with Crippen LogP contribution in [0.2, 0.25) is 0 Å². The van der Waals surface area contributed by atoms with Gasteiger partial charge in [-0.25, -0.2) is 0 Å². The molecule has 2 rings (SSSR count). The number of hydrogen-bond donors (Lipinski definition) is 2. The van der Waals surface area contributed by atoms with Crippen molar-refractivity contribution in [2.24, 2.45) is 0 Å². The van der Waals surface area contributed by atoms with Crippen LogP contribution in [0.15, 0.2) is 36.0 Å². The molecule has 3 nitrogen and oxygen atoms in total. The molecule has 2 N–H and O–H groups in total. The molecular weight excluding hydrogens is 196 g/mol. The molecule has 0 aliphatic rings. The summed E-state index contributed by atoms with van der Waals surface area (Å²) in [4.78, 5) is 15.2. The summed E-state index contributed by atoms with van der Waals surface area (Å²) < 4.78 is 0. The molecule has 2 heterocycles. The van der Waals surface area contributed by atoms with Crippen LogP contribution in [0, 0.1) is 0 Å². The summed E-state index contributed by atoms with van der Waals surface area (Å²) in [7, 11) is 0. The molecule has 0 atom stereocenters. The van der Waals surface area contributed by atoms with Crippen LogP contribution >= 0.6 is 11.3 Å². The lowest BCUT2D eigenvalue weighted by molar-refractivity contribution is 0.0955. The van der Waals surface area contributed by atoms with Gasteiger partial charge in [-0.1, -0.05) is 6.07 Å². The fourth-order valence-electron chi connectivity index (χ4n) is 1.15. The van der Waals surface area contributed by atoms with E-state index in [1.165, 1.54) is 11.3 Å². The van der Waals surface area contributed by atoms with E-state index in [1.807, 2.05) is 36.0 Å². The zero-order chi connectivity index (χ0) is 9.80. The maximum atomic E-state index is 11.5. The molecular formula is C10H10N2OS. The summed E-state index contributed by atoms with van der Waals surface area (Å²) >= 11 is 1.45. The first kappa shape index (κ1) is 9.02. The lowest BCUT2D eigenvalue weighted by Crippen LogP contribution is -2.21. The van der Waals surface area contributed by atoms with Gasteiger partial charge in [0.05, 0.1) is 4.88 Å². The Hall–Kier alpha value is -1.55. The van der Waals surface area contributed by atoms with Crippen LogP contribution in [0.1, 0.15) is 15.2 Å². The number of hydrogen-bond acceptors (Lipinski definition) is 2. The maximum absolute atomic E-state index is 11.5. The molecule has 0 bridgehead atoms. The molecule has 2 aromatic rings. The van der Waals surface area contributed by atoms with Crippen LogP contribution < -0.4 is 5.32 Å². The van der Waals surface area contributed by atoms with E-state index in [1.54, 1.807) is 0 Å². The van der Waals surface area contributed by atoms with E-state index in [2.05, 4.69) is 10.3 Å². The zero-order valence-corrected chi connectivity index (χ0v) is 8.30. The third-order valence-electron chi connectivity index (χ3n) is 1.86. The van der Waals surface area contributed by atoms with Gasteiger partial charge in [0.2, 0.25) is 0 Å². The van der Waals surface area contributed by atoms with Crippen LogP contribution in [0.25, 0.3) is 0 Å². The van der Waals surface area contributed by atoms with Crippen molar-refractivity contribution in [1.82, 2.24) is 10.3 Å². The van der Waals surface area contributed by atoms with Crippen LogP contribution in [0.4, 0.5) is 0 Å². The minimum Gasteiger partial charge on any atom is -0.367 e. The largest absolute Gasteiger partial charge is 0.367 e. The van der Waals surface area contributed by atoms with Gasteiger partial charge in [-0.15, -0.1) is 11.3 Å². The van der Waals surface area contributed by atoms with Crippen molar-refractivity contribution in [2.45, 2.75) is 6.54 Å². The second kappa shape index (κ2) is 4.11. The summed E-state index contributed by atoms with van der Waals surface area (Å²) in [5.41, 5.74) is 1.08. The van der Waals surface area contributed by atoms with Gasteiger partial charge in [0, 0.05) is 18.9 Å². The Morgan fingerprint density at radius 1 is 1.50 bits per heavy atom. The number of carbonyl (C=O) groups excluding carboxylic acids is 1. The molecule has 0 radical (unpaired) electrons. The summed E-state index contributed by atoms with van der Waals surface area (Å²) in [5, 5.41) is 4.73. The van der Waals surface area contributed by atoms with Crippen LogP contribution in [0.5, 0.6) is 0 Å². The molecule has 0 unspecified atom stereocenters. The second-order valence-corrected chi connectivity index (χ2v) is 3.83. The van der Waals surface area contributed by atoms with Crippen molar-refractivity contribution in [1.29, 1.82) is 0 Å². The van der Waals surface area contributed by atoms with E-state index in [-0.39, 0.29) is 5.91 Å². The van der Waals surface area contributed by atoms with Crippen molar-refractivity contribution in [3.63, 3.8) is 0 Å². The lowest BCUT2D eigenvalue weighted by atomic mass is 10.3. The second-order valence-electron chi connectivity index (χ2n) is 2.88. The van der Waals surface area contributed by atoms with E-state index < -0.39 is 0 Å². The molecule has 0 saturated heterocycles. The molecule has 0 aliphatic carbocycles. The van der Waals surface area contributed by atoms with Gasteiger partial charge >= 0.3 is 0 Å². The third-order valence-corrected chi connectivity index (χ3v) is 2.73. The topological polar surface area (TPSA) is 44.9 Å². The van der Waals surface area contributed by atoms with E-state index >= 15 is 0 Å². The average Bonchev–Trinajstić information content (AvgIpc) is 2.87. The number of nitrogens with one attached hydrogen (secondary N) is 2. The standard InChI is InChI=1S/C10H10N2OS/c13-10(9-2-1-5-14-9)12-7-8-3-4-11-6-8/h1-6,11H,7H2,(H,12,13). The SMILES string of the molecule is O=C(NCc1cc[nH]c1)c1cccs1. The van der Waals surface area contributed by atoms with Gasteiger partial charge in [0.25, 0.3) is 5.91 Å². The van der Waals surface area contributed by atoms with E-state index in [0.717, 1.165) is 10.4 Å². The quantitative estimate of drug-likeness (QED) is 0.792. The molecule has 0 spiro atoms. The van der Waals surface area contributed by atoms with Gasteiger partial charge in [0.15, 0.2) is 0 Å². The Labute approximate surface area is 85.8 Å². The average molecular weight is 206 g/mol. The van der Waals surface area contributed by atoms with Gasteiger partial charge in [-0.05, 0) is 23.1 Å². The van der Waals surface area contributed by atoms with Crippen LogP contribution in [0.3, 0.4) is 0 Å². The molecule has 0 aliphatic heterocycles. The number of aromatic amines is 1. The predicted molar refractivity (Wildman–Crippen MR) is 56.3 cm³/mol. The smallest absolute Gasteiger partial charge is 0.261 e. The highest BCUT2D eigenvalue weighted by Crippen LogP contribution is 2.08. The lowest BCUT2D eigenvalue weighted by Gasteiger charge is -2.00. The first-order valence-corrected chi connectivity index (χ1v) is 5.17. The molecule has 1 amide bonds. The monoisotopic (exact) mass is 206 g/mol. The first-order chi connectivity index (χ1) is 6.86. The van der Waals surface area contributed by atoms with Crippen molar-refractivity contribution in [3.8, 4) is 0 Å². The van der Waals surface area contributed by atoms with Crippen LogP contribution in [-0.2, 0) is 6.54 Å². The molecule has 14 heavy (non-hydrogen) atoms. The van der Waals surface area contributed by atoms with E-state index in [0.29, 0.717) is 6.54 Å². The number of amides is 1. The van der Waals surface area contributed by atoms with Crippen molar-refractivity contribution in [3.05, 3.63) is 46.4 Å². The van der Waals surface area contributed by atoms with Gasteiger partial charge < -0.3 is 10.3 Å². The summed E-state index contributed by atoms with van der Waals surface area (Å²) in [5.74, 6) is -0.0128. The minimum absolute atomic E-state index is 0.0128. The normalized spacial score (nSPS) is 10.0. The maximum Gasteiger partial charge on any atom is 0.261 e. The Morgan fingerprint density at radius 3 is 3.07 bits per heavy atom. The van der Waals surface area contributed by atoms with E-state index in [9.17, 15) is 4.79 Å². The Morgan fingerprint density at radius 2 is 2.43 bits per heavy atom. The number of H-pyrrole nitrogens is 1. The Balaban J connectivity index is 1.90. The highest BCUT2D eigenvalue weighted by Gasteiger charge is 2.04.